The van der Waals surface area contributed by atoms with Gasteiger partial charge >= 0.3 is 6.36 Å². The molecule has 0 saturated carbocycles. The summed E-state index contributed by atoms with van der Waals surface area (Å²) >= 11 is 5.75. The smallest absolute Gasteiger partial charge is 0.405 e. The molecule has 106 valence electrons. The molecule has 0 aliphatic carbocycles. The largest absolute Gasteiger partial charge is 0.573 e. The number of nitrogens with two attached hydrogens (primary N) is 1. The van der Waals surface area contributed by atoms with Crippen LogP contribution in [0.4, 0.5) is 18.9 Å². The number of carbonyl (C=O) groups is 1. The summed E-state index contributed by atoms with van der Waals surface area (Å²) in [5.74, 6) is -0.698. The number of nitrogen functional groups attached to an aromatic ring is 1. The summed E-state index contributed by atoms with van der Waals surface area (Å²) < 4.78 is 45.5. The Kier molecular flexibility index (Phi) is 5.02. The molecule has 2 N–H and O–H groups in total. The number of rotatable bonds is 5. The molecule has 0 aliphatic heterocycles. The van der Waals surface area contributed by atoms with Gasteiger partial charge in [-0.25, -0.2) is 0 Å². The maximum Gasteiger partial charge on any atom is 0.573 e. The molecular formula is C11H11ClF3NO3. The highest BCUT2D eigenvalue weighted by molar-refractivity contribution is 6.36. The summed E-state index contributed by atoms with van der Waals surface area (Å²) in [5, 5.41) is -0.286. The Hall–Kier alpha value is -1.47. The first-order chi connectivity index (χ1) is 8.80. The molecule has 4 nitrogen and oxygen atoms in total. The van der Waals surface area contributed by atoms with Crippen molar-refractivity contribution in [2.24, 2.45) is 0 Å². The number of alkyl halides is 3. The van der Waals surface area contributed by atoms with Crippen LogP contribution in [-0.4, -0.2) is 19.3 Å². The average Bonchev–Trinajstić information content (AvgIpc) is 2.30. The van der Waals surface area contributed by atoms with Crippen molar-refractivity contribution in [3.05, 3.63) is 22.2 Å². The molecule has 0 bridgehead atoms. The molecule has 0 heterocycles. The number of ether oxygens (including phenoxy) is 2. The molecule has 1 rings (SSSR count). The normalized spacial score (nSPS) is 11.4. The van der Waals surface area contributed by atoms with Crippen LogP contribution in [-0.2, 0) is 11.3 Å². The monoisotopic (exact) mass is 297 g/mol. The third kappa shape index (κ3) is 4.00. The Morgan fingerprint density at radius 3 is 2.58 bits per heavy atom. The molecular weight excluding hydrogens is 287 g/mol. The Morgan fingerprint density at radius 1 is 1.47 bits per heavy atom. The molecule has 0 spiro atoms. The van der Waals surface area contributed by atoms with Gasteiger partial charge in [0.25, 0.3) is 0 Å². The molecule has 0 amide bonds. The van der Waals surface area contributed by atoms with E-state index >= 15 is 0 Å². The maximum absolute atomic E-state index is 12.2. The fourth-order valence-electron chi connectivity index (χ4n) is 1.36. The van der Waals surface area contributed by atoms with Crippen molar-refractivity contribution in [1.29, 1.82) is 0 Å². The number of hydrogen-bond acceptors (Lipinski definition) is 4. The van der Waals surface area contributed by atoms with Gasteiger partial charge < -0.3 is 15.2 Å². The van der Waals surface area contributed by atoms with Gasteiger partial charge in [0.05, 0.1) is 22.9 Å². The SMILES string of the molecule is CCOCc1cc(OC(F)(F)F)c(C=O)c(Cl)c1N. The van der Waals surface area contributed by atoms with E-state index in [1.807, 2.05) is 0 Å². The molecule has 1 aromatic carbocycles. The molecule has 8 heteroatoms. The van der Waals surface area contributed by atoms with Gasteiger partial charge in [-0.2, -0.15) is 0 Å². The number of benzene rings is 1. The zero-order chi connectivity index (χ0) is 14.6. The highest BCUT2D eigenvalue weighted by Gasteiger charge is 2.33. The summed E-state index contributed by atoms with van der Waals surface area (Å²) in [6.45, 7) is 2.03. The lowest BCUT2D eigenvalue weighted by Gasteiger charge is -2.15. The second kappa shape index (κ2) is 6.12. The molecule has 0 unspecified atom stereocenters. The third-order valence-corrected chi connectivity index (χ3v) is 2.60. The van der Waals surface area contributed by atoms with Crippen LogP contribution in [0, 0.1) is 0 Å². The first-order valence-electron chi connectivity index (χ1n) is 5.19. The van der Waals surface area contributed by atoms with E-state index in [0.717, 1.165) is 6.07 Å². The second-order valence-corrected chi connectivity index (χ2v) is 3.86. The van der Waals surface area contributed by atoms with Gasteiger partial charge in [-0.15, -0.1) is 13.2 Å². The second-order valence-electron chi connectivity index (χ2n) is 3.48. The molecule has 19 heavy (non-hydrogen) atoms. The van der Waals surface area contributed by atoms with Gasteiger partial charge in [-0.05, 0) is 13.0 Å². The fraction of sp³-hybridized carbons (Fsp3) is 0.364. The van der Waals surface area contributed by atoms with Crippen molar-refractivity contribution in [2.45, 2.75) is 19.9 Å². The Bertz CT molecular complexity index is 477. The standard InChI is InChI=1S/C11H11ClF3NO3/c1-2-18-5-6-3-8(19-11(13,14)15)7(4-17)9(12)10(6)16/h3-4H,2,5,16H2,1H3. The predicted octanol–water partition coefficient (Wildman–Crippen LogP) is 3.17. The molecule has 1 aromatic rings. The van der Waals surface area contributed by atoms with Crippen molar-refractivity contribution < 1.29 is 27.4 Å². The van der Waals surface area contributed by atoms with Crippen LogP contribution in [0.2, 0.25) is 5.02 Å². The number of halogens is 4. The lowest BCUT2D eigenvalue weighted by molar-refractivity contribution is -0.274. The van der Waals surface area contributed by atoms with E-state index in [2.05, 4.69) is 4.74 Å². The van der Waals surface area contributed by atoms with E-state index in [9.17, 15) is 18.0 Å². The first kappa shape index (κ1) is 15.6. The van der Waals surface area contributed by atoms with E-state index in [-0.39, 0.29) is 29.2 Å². The molecule has 0 saturated heterocycles. The summed E-state index contributed by atoms with van der Waals surface area (Å²) in [6, 6.07) is 0.994. The average molecular weight is 298 g/mol. The molecule has 0 fully saturated rings. The highest BCUT2D eigenvalue weighted by Crippen LogP contribution is 2.36. The molecule has 0 atom stereocenters. The van der Waals surface area contributed by atoms with Crippen molar-refractivity contribution in [3.63, 3.8) is 0 Å². The Balaban J connectivity index is 3.27. The summed E-state index contributed by atoms with van der Waals surface area (Å²) in [7, 11) is 0. The van der Waals surface area contributed by atoms with Gasteiger partial charge in [0.15, 0.2) is 6.29 Å². The van der Waals surface area contributed by atoms with Crippen LogP contribution in [0.5, 0.6) is 5.75 Å². The van der Waals surface area contributed by atoms with E-state index in [4.69, 9.17) is 22.1 Å². The number of aldehydes is 1. The van der Waals surface area contributed by atoms with Gasteiger partial charge in [0, 0.05) is 12.2 Å². The van der Waals surface area contributed by atoms with Crippen LogP contribution in [0.3, 0.4) is 0 Å². The highest BCUT2D eigenvalue weighted by atomic mass is 35.5. The van der Waals surface area contributed by atoms with Gasteiger partial charge in [-0.3, -0.25) is 4.79 Å². The fourth-order valence-corrected chi connectivity index (χ4v) is 1.62. The van der Waals surface area contributed by atoms with Crippen molar-refractivity contribution in [1.82, 2.24) is 0 Å². The Morgan fingerprint density at radius 2 is 2.11 bits per heavy atom. The topological polar surface area (TPSA) is 61.5 Å². The van der Waals surface area contributed by atoms with Gasteiger partial charge in [0.1, 0.15) is 5.75 Å². The molecule has 0 radical (unpaired) electrons. The van der Waals surface area contributed by atoms with E-state index in [0.29, 0.717) is 6.61 Å². The summed E-state index contributed by atoms with van der Waals surface area (Å²) in [5.41, 5.74) is 5.39. The van der Waals surface area contributed by atoms with Crippen molar-refractivity contribution in [3.8, 4) is 5.75 Å². The molecule has 0 aromatic heterocycles. The van der Waals surface area contributed by atoms with Crippen LogP contribution in [0.25, 0.3) is 0 Å². The predicted molar refractivity (Wildman–Crippen MR) is 63.3 cm³/mol. The van der Waals surface area contributed by atoms with Crippen molar-refractivity contribution >= 4 is 23.6 Å². The minimum atomic E-state index is -4.93. The van der Waals surface area contributed by atoms with E-state index in [1.165, 1.54) is 0 Å². The zero-order valence-electron chi connectivity index (χ0n) is 9.88. The van der Waals surface area contributed by atoms with Crippen LogP contribution in [0.15, 0.2) is 6.07 Å². The zero-order valence-corrected chi connectivity index (χ0v) is 10.6. The minimum absolute atomic E-state index is 0.00765. The van der Waals surface area contributed by atoms with Crippen LogP contribution < -0.4 is 10.5 Å². The summed E-state index contributed by atoms with van der Waals surface area (Å²) in [4.78, 5) is 10.8. The minimum Gasteiger partial charge on any atom is -0.405 e. The van der Waals surface area contributed by atoms with E-state index < -0.39 is 17.7 Å². The molecule has 0 aliphatic rings. The van der Waals surface area contributed by atoms with Gasteiger partial charge in [-0.1, -0.05) is 11.6 Å². The number of anilines is 1. The lowest BCUT2D eigenvalue weighted by atomic mass is 10.1. The van der Waals surface area contributed by atoms with E-state index in [1.54, 1.807) is 6.92 Å². The first-order valence-corrected chi connectivity index (χ1v) is 5.57. The number of carbonyl (C=O) groups excluding carboxylic acids is 1. The van der Waals surface area contributed by atoms with Crippen LogP contribution >= 0.6 is 11.6 Å². The van der Waals surface area contributed by atoms with Crippen molar-refractivity contribution in [2.75, 3.05) is 12.3 Å². The summed E-state index contributed by atoms with van der Waals surface area (Å²) in [6.07, 6.45) is -4.77. The lowest BCUT2D eigenvalue weighted by Crippen LogP contribution is -2.19. The Labute approximate surface area is 112 Å². The quantitative estimate of drug-likeness (QED) is 0.670. The third-order valence-electron chi connectivity index (χ3n) is 2.19. The van der Waals surface area contributed by atoms with Gasteiger partial charge in [0.2, 0.25) is 0 Å². The van der Waals surface area contributed by atoms with Crippen LogP contribution in [0.1, 0.15) is 22.8 Å². The maximum atomic E-state index is 12.2. The number of hydrogen-bond donors (Lipinski definition) is 1.